The number of alkyl halides is 3. The molecule has 0 saturated carbocycles. The first kappa shape index (κ1) is 23.7. The summed E-state index contributed by atoms with van der Waals surface area (Å²) in [5.74, 6) is -2.04. The second kappa shape index (κ2) is 9.22. The maximum atomic E-state index is 14.0. The molecule has 0 bridgehead atoms. The van der Waals surface area contributed by atoms with Crippen molar-refractivity contribution in [2.75, 3.05) is 6.73 Å². The van der Waals surface area contributed by atoms with Crippen LogP contribution in [0, 0.1) is 0 Å². The largest absolute Gasteiger partial charge is 0.478 e. The van der Waals surface area contributed by atoms with Crippen LogP contribution in [0.5, 0.6) is 17.2 Å². The molecule has 0 unspecified atom stereocenters. The van der Waals surface area contributed by atoms with E-state index in [9.17, 15) is 18.0 Å². The number of hydrogen-bond donors (Lipinski definition) is 0. The van der Waals surface area contributed by atoms with Crippen molar-refractivity contribution in [3.05, 3.63) is 97.3 Å². The Bertz CT molecular complexity index is 1490. The summed E-state index contributed by atoms with van der Waals surface area (Å²) in [6.07, 6.45) is -4.97. The fourth-order valence-electron chi connectivity index (χ4n) is 3.88. The van der Waals surface area contributed by atoms with E-state index in [4.69, 9.17) is 25.5 Å². The third-order valence-corrected chi connectivity index (χ3v) is 6.54. The Hall–Kier alpha value is -3.01. The van der Waals surface area contributed by atoms with Gasteiger partial charge in [-0.15, -0.1) is 0 Å². The Morgan fingerprint density at radius 1 is 1.06 bits per heavy atom. The predicted molar refractivity (Wildman–Crippen MR) is 128 cm³/mol. The molecule has 5 nitrogen and oxygen atoms in total. The number of rotatable bonds is 4. The van der Waals surface area contributed by atoms with Gasteiger partial charge in [-0.3, -0.25) is 9.69 Å². The molecular weight excluding hydrogens is 551 g/mol. The Kier molecular flexibility index (Phi) is 6.25. The number of nitrogens with zero attached hydrogens (tertiary/aromatic N) is 1. The van der Waals surface area contributed by atoms with Gasteiger partial charge in [-0.05, 0) is 51.8 Å². The molecule has 0 spiro atoms. The minimum atomic E-state index is -4.97. The first-order valence-corrected chi connectivity index (χ1v) is 11.6. The summed E-state index contributed by atoms with van der Waals surface area (Å²) >= 11 is 9.48. The van der Waals surface area contributed by atoms with Gasteiger partial charge >= 0.3 is 6.18 Å². The molecule has 1 aliphatic rings. The molecule has 0 fully saturated rings. The van der Waals surface area contributed by atoms with Crippen molar-refractivity contribution in [2.45, 2.75) is 19.3 Å². The summed E-state index contributed by atoms with van der Waals surface area (Å²) in [6, 6.07) is 16.5. The van der Waals surface area contributed by atoms with Crippen LogP contribution in [0.2, 0.25) is 5.02 Å². The topological polar surface area (TPSA) is 51.9 Å². The lowest BCUT2D eigenvalue weighted by Gasteiger charge is -2.29. The van der Waals surface area contributed by atoms with E-state index >= 15 is 0 Å². The van der Waals surface area contributed by atoms with Crippen molar-refractivity contribution in [3.63, 3.8) is 0 Å². The fourth-order valence-corrected chi connectivity index (χ4v) is 4.44. The summed E-state index contributed by atoms with van der Waals surface area (Å²) in [5, 5.41) is 0.526. The molecule has 10 heteroatoms. The van der Waals surface area contributed by atoms with Gasteiger partial charge in [0.1, 0.15) is 23.8 Å². The maximum Gasteiger partial charge on any atom is 0.453 e. The molecule has 180 valence electrons. The average Bonchev–Trinajstić information content (AvgIpc) is 2.82. The number of benzene rings is 3. The van der Waals surface area contributed by atoms with Crippen LogP contribution in [-0.4, -0.2) is 11.6 Å². The highest BCUT2D eigenvalue weighted by atomic mass is 79.9. The average molecular weight is 567 g/mol. The molecule has 35 heavy (non-hydrogen) atoms. The number of halogens is 5. The van der Waals surface area contributed by atoms with Crippen LogP contribution in [0.1, 0.15) is 16.9 Å². The molecule has 0 radical (unpaired) electrons. The Labute approximate surface area is 210 Å². The molecule has 5 rings (SSSR count). The van der Waals surface area contributed by atoms with Crippen LogP contribution in [0.4, 0.5) is 13.2 Å². The lowest BCUT2D eigenvalue weighted by atomic mass is 10.1. The highest BCUT2D eigenvalue weighted by Crippen LogP contribution is 2.42. The highest BCUT2D eigenvalue weighted by molar-refractivity contribution is 9.10. The van der Waals surface area contributed by atoms with Crippen LogP contribution in [0.25, 0.3) is 11.0 Å². The number of ether oxygens (including phenoxy) is 2. The zero-order chi connectivity index (χ0) is 24.7. The molecule has 4 aromatic rings. The van der Waals surface area contributed by atoms with Crippen LogP contribution in [0.15, 0.2) is 74.3 Å². The summed E-state index contributed by atoms with van der Waals surface area (Å²) in [7, 11) is 0. The van der Waals surface area contributed by atoms with Crippen molar-refractivity contribution < 1.29 is 27.1 Å². The van der Waals surface area contributed by atoms with Gasteiger partial charge in [-0.25, -0.2) is 0 Å². The van der Waals surface area contributed by atoms with Crippen LogP contribution < -0.4 is 14.9 Å². The van der Waals surface area contributed by atoms with Gasteiger partial charge in [0.05, 0.1) is 15.4 Å². The molecule has 0 saturated heterocycles. The van der Waals surface area contributed by atoms with Crippen molar-refractivity contribution in [3.8, 4) is 17.2 Å². The van der Waals surface area contributed by atoms with Crippen molar-refractivity contribution in [2.24, 2.45) is 0 Å². The Morgan fingerprint density at radius 3 is 2.54 bits per heavy atom. The third kappa shape index (κ3) is 4.63. The maximum absolute atomic E-state index is 14.0. The molecule has 1 aromatic heterocycles. The number of hydrogen-bond acceptors (Lipinski definition) is 5. The van der Waals surface area contributed by atoms with Gasteiger partial charge in [-0.1, -0.05) is 41.9 Å². The Morgan fingerprint density at radius 2 is 1.80 bits per heavy atom. The zero-order valence-electron chi connectivity index (χ0n) is 17.9. The van der Waals surface area contributed by atoms with E-state index in [2.05, 4.69) is 15.9 Å². The molecule has 0 aliphatic carbocycles. The van der Waals surface area contributed by atoms with E-state index in [-0.39, 0.29) is 30.0 Å². The first-order chi connectivity index (χ1) is 16.7. The summed E-state index contributed by atoms with van der Waals surface area (Å²) < 4.78 is 59.0. The predicted octanol–water partition coefficient (Wildman–Crippen LogP) is 7.37. The molecular formula is C25H16BrClF3NO4. The normalized spacial score (nSPS) is 14.0. The minimum absolute atomic E-state index is 0.0398. The summed E-state index contributed by atoms with van der Waals surface area (Å²) in [6.45, 7) is 0.793. The van der Waals surface area contributed by atoms with E-state index < -0.39 is 23.1 Å². The standard InChI is InChI=1S/C25H16BrClF3NO4/c26-17-6-2-4-8-20(17)34-23-21(32)15-9-10-19-16(22(15)35-24(23)25(28,29)30)12-31(13-33-19)11-14-5-1-3-7-18(14)27/h1-10H,11-13H2. The molecule has 0 N–H and O–H groups in total. The van der Waals surface area contributed by atoms with Gasteiger partial charge in [0.25, 0.3) is 5.76 Å². The molecule has 1 aliphatic heterocycles. The lowest BCUT2D eigenvalue weighted by molar-refractivity contribution is -0.154. The SMILES string of the molecule is O=c1c(Oc2ccccc2Br)c(C(F)(F)F)oc2c3c(ccc12)OCN(Cc1ccccc1Cl)C3. The third-order valence-electron chi connectivity index (χ3n) is 5.52. The van der Waals surface area contributed by atoms with Crippen molar-refractivity contribution >= 4 is 38.5 Å². The van der Waals surface area contributed by atoms with E-state index in [0.717, 1.165) is 5.56 Å². The monoisotopic (exact) mass is 565 g/mol. The summed E-state index contributed by atoms with van der Waals surface area (Å²) in [5.41, 5.74) is 0.0578. The number of para-hydroxylation sites is 1. The zero-order valence-corrected chi connectivity index (χ0v) is 20.2. The number of fused-ring (bicyclic) bond motifs is 3. The summed E-state index contributed by atoms with van der Waals surface area (Å²) in [4.78, 5) is 15.1. The van der Waals surface area contributed by atoms with Gasteiger partial charge in [0.15, 0.2) is 0 Å². The second-order valence-electron chi connectivity index (χ2n) is 7.89. The fraction of sp³-hybridized carbons (Fsp3) is 0.160. The van der Waals surface area contributed by atoms with Crippen LogP contribution in [-0.2, 0) is 19.3 Å². The Balaban J connectivity index is 1.61. The molecule has 3 aromatic carbocycles. The highest BCUT2D eigenvalue weighted by Gasteiger charge is 2.41. The van der Waals surface area contributed by atoms with Gasteiger partial charge in [0, 0.05) is 18.1 Å². The lowest BCUT2D eigenvalue weighted by Crippen LogP contribution is -2.32. The van der Waals surface area contributed by atoms with Gasteiger partial charge in [-0.2, -0.15) is 13.2 Å². The first-order valence-electron chi connectivity index (χ1n) is 10.4. The van der Waals surface area contributed by atoms with Gasteiger partial charge < -0.3 is 13.9 Å². The van der Waals surface area contributed by atoms with Crippen LogP contribution >= 0.6 is 27.5 Å². The van der Waals surface area contributed by atoms with E-state index in [1.165, 1.54) is 12.1 Å². The molecule has 2 heterocycles. The van der Waals surface area contributed by atoms with Gasteiger partial charge in [0.2, 0.25) is 11.2 Å². The smallest absolute Gasteiger partial charge is 0.453 e. The quantitative estimate of drug-likeness (QED) is 0.258. The van der Waals surface area contributed by atoms with E-state index in [1.54, 1.807) is 30.3 Å². The minimum Gasteiger partial charge on any atom is -0.478 e. The van der Waals surface area contributed by atoms with Crippen LogP contribution in [0.3, 0.4) is 0 Å². The van der Waals surface area contributed by atoms with Crippen molar-refractivity contribution in [1.29, 1.82) is 0 Å². The van der Waals surface area contributed by atoms with Crippen molar-refractivity contribution in [1.82, 2.24) is 4.90 Å². The van der Waals surface area contributed by atoms with E-state index in [1.807, 2.05) is 23.1 Å². The second-order valence-corrected chi connectivity index (χ2v) is 9.15. The molecule has 0 atom stereocenters. The molecule has 0 amide bonds. The van der Waals surface area contributed by atoms with E-state index in [0.29, 0.717) is 27.4 Å².